The molecule has 106 valence electrons. The number of hydrogen-bond donors (Lipinski definition) is 1. The normalized spacial score (nSPS) is 10.6. The van der Waals surface area contributed by atoms with E-state index in [1.54, 1.807) is 17.5 Å². The molecule has 0 saturated heterocycles. The van der Waals surface area contributed by atoms with Gasteiger partial charge in [0.15, 0.2) is 0 Å². The van der Waals surface area contributed by atoms with E-state index in [4.69, 9.17) is 0 Å². The molecule has 0 aliphatic heterocycles. The average molecular weight is 315 g/mol. The molecule has 1 amide bonds. The Balaban J connectivity index is 1.85. The highest BCUT2D eigenvalue weighted by Gasteiger charge is 2.17. The summed E-state index contributed by atoms with van der Waals surface area (Å²) in [6, 6.07) is 7.72. The van der Waals surface area contributed by atoms with E-state index < -0.39 is 0 Å². The second-order valence-electron chi connectivity index (χ2n) is 4.58. The smallest absolute Gasteiger partial charge is 0.268 e. The Bertz CT molecular complexity index is 778. The topological polar surface area (TPSA) is 54.9 Å². The predicted molar refractivity (Wildman–Crippen MR) is 87.1 cm³/mol. The molecule has 0 atom stereocenters. The molecule has 0 radical (unpaired) electrons. The van der Waals surface area contributed by atoms with Crippen LogP contribution in [0.4, 0.5) is 5.82 Å². The number of pyridine rings is 1. The van der Waals surface area contributed by atoms with Gasteiger partial charge in [-0.1, -0.05) is 6.07 Å². The van der Waals surface area contributed by atoms with Gasteiger partial charge in [0.2, 0.25) is 0 Å². The lowest BCUT2D eigenvalue weighted by molar-refractivity contribution is 0.102. The van der Waals surface area contributed by atoms with Gasteiger partial charge < -0.3 is 5.32 Å². The lowest BCUT2D eigenvalue weighted by atomic mass is 10.3. The Morgan fingerprint density at radius 3 is 2.86 bits per heavy atom. The number of carbonyl (C=O) groups is 1. The summed E-state index contributed by atoms with van der Waals surface area (Å²) in [7, 11) is 0. The van der Waals surface area contributed by atoms with E-state index in [-0.39, 0.29) is 5.91 Å². The van der Waals surface area contributed by atoms with Crippen LogP contribution >= 0.6 is 22.7 Å². The highest BCUT2D eigenvalue weighted by molar-refractivity contribution is 7.22. The number of aromatic nitrogens is 2. The molecule has 6 heteroatoms. The Morgan fingerprint density at radius 1 is 1.29 bits per heavy atom. The van der Waals surface area contributed by atoms with Crippen molar-refractivity contribution in [3.05, 3.63) is 52.0 Å². The van der Waals surface area contributed by atoms with Crippen molar-refractivity contribution < 1.29 is 4.79 Å². The zero-order valence-corrected chi connectivity index (χ0v) is 13.2. The minimum atomic E-state index is -0.161. The Kier molecular flexibility index (Phi) is 3.81. The van der Waals surface area contributed by atoms with Crippen molar-refractivity contribution in [1.82, 2.24) is 9.97 Å². The van der Waals surface area contributed by atoms with Gasteiger partial charge in [-0.05, 0) is 43.0 Å². The lowest BCUT2D eigenvalue weighted by Crippen LogP contribution is -2.12. The van der Waals surface area contributed by atoms with Crippen molar-refractivity contribution in [3.63, 3.8) is 0 Å². The van der Waals surface area contributed by atoms with Crippen LogP contribution in [0.1, 0.15) is 20.9 Å². The van der Waals surface area contributed by atoms with Crippen LogP contribution in [0.5, 0.6) is 0 Å². The Hall–Kier alpha value is -2.05. The lowest BCUT2D eigenvalue weighted by Gasteiger charge is -2.03. The maximum Gasteiger partial charge on any atom is 0.268 e. The van der Waals surface area contributed by atoms with Crippen LogP contribution in [0.15, 0.2) is 35.8 Å². The number of hydrogen-bond acceptors (Lipinski definition) is 5. The van der Waals surface area contributed by atoms with Gasteiger partial charge >= 0.3 is 0 Å². The third kappa shape index (κ3) is 3.01. The van der Waals surface area contributed by atoms with Gasteiger partial charge in [-0.2, -0.15) is 0 Å². The summed E-state index contributed by atoms with van der Waals surface area (Å²) in [5.41, 5.74) is 1.80. The third-order valence-corrected chi connectivity index (χ3v) is 5.09. The first kappa shape index (κ1) is 13.9. The number of rotatable bonds is 3. The minimum absolute atomic E-state index is 0.161. The maximum absolute atomic E-state index is 12.4. The second kappa shape index (κ2) is 5.75. The Morgan fingerprint density at radius 2 is 2.14 bits per heavy atom. The number of thiophene rings is 1. The molecule has 0 aliphatic carbocycles. The molecule has 0 fully saturated rings. The molecule has 3 aromatic rings. The quantitative estimate of drug-likeness (QED) is 0.790. The van der Waals surface area contributed by atoms with Gasteiger partial charge in [0, 0.05) is 6.20 Å². The van der Waals surface area contributed by atoms with Gasteiger partial charge in [-0.25, -0.2) is 9.97 Å². The molecule has 0 saturated carbocycles. The van der Waals surface area contributed by atoms with Gasteiger partial charge in [0.1, 0.15) is 15.7 Å². The molecule has 0 unspecified atom stereocenters. The fourth-order valence-corrected chi connectivity index (χ4v) is 3.65. The molecule has 4 nitrogen and oxygen atoms in total. The van der Waals surface area contributed by atoms with Crippen LogP contribution in [-0.4, -0.2) is 15.9 Å². The summed E-state index contributed by atoms with van der Waals surface area (Å²) < 4.78 is 0. The van der Waals surface area contributed by atoms with Crippen molar-refractivity contribution in [2.75, 3.05) is 5.32 Å². The molecule has 0 bridgehead atoms. The van der Waals surface area contributed by atoms with Gasteiger partial charge in [-0.3, -0.25) is 4.79 Å². The third-order valence-electron chi connectivity index (χ3n) is 2.89. The maximum atomic E-state index is 12.4. The summed E-state index contributed by atoms with van der Waals surface area (Å²) >= 11 is 3.03. The van der Waals surface area contributed by atoms with Crippen molar-refractivity contribution in [1.29, 1.82) is 0 Å². The molecule has 3 heterocycles. The molecule has 0 spiro atoms. The van der Waals surface area contributed by atoms with Crippen LogP contribution in [-0.2, 0) is 0 Å². The molecule has 3 rings (SSSR count). The molecule has 0 aromatic carbocycles. The summed E-state index contributed by atoms with van der Waals surface area (Å²) in [6.45, 7) is 3.82. The number of aryl methyl sites for hydroxylation is 2. The van der Waals surface area contributed by atoms with E-state index >= 15 is 0 Å². The van der Waals surface area contributed by atoms with Gasteiger partial charge in [-0.15, -0.1) is 22.7 Å². The number of thiazole rings is 1. The van der Waals surface area contributed by atoms with E-state index in [1.165, 1.54) is 11.3 Å². The summed E-state index contributed by atoms with van der Waals surface area (Å²) in [4.78, 5) is 22.7. The minimum Gasteiger partial charge on any atom is -0.306 e. The standard InChI is InChI=1S/C15H13N3OS2/c1-9-5-6-16-12(8-9)18-14(19)13-10(2)17-15(21-13)11-4-3-7-20-11/h3-8H,1-2H3,(H,16,18,19). The molecule has 0 aliphatic rings. The van der Waals surface area contributed by atoms with Crippen molar-refractivity contribution >= 4 is 34.4 Å². The van der Waals surface area contributed by atoms with E-state index in [0.29, 0.717) is 10.7 Å². The van der Waals surface area contributed by atoms with Crippen molar-refractivity contribution in [2.45, 2.75) is 13.8 Å². The molecule has 21 heavy (non-hydrogen) atoms. The van der Waals surface area contributed by atoms with Crippen LogP contribution in [0.3, 0.4) is 0 Å². The first-order chi connectivity index (χ1) is 10.1. The number of anilines is 1. The predicted octanol–water partition coefficient (Wildman–Crippen LogP) is 4.14. The molecular weight excluding hydrogens is 302 g/mol. The molecule has 3 aromatic heterocycles. The highest BCUT2D eigenvalue weighted by atomic mass is 32.1. The van der Waals surface area contributed by atoms with E-state index in [1.807, 2.05) is 43.5 Å². The SMILES string of the molecule is Cc1ccnc(NC(=O)c2sc(-c3cccs3)nc2C)c1. The van der Waals surface area contributed by atoms with Crippen LogP contribution in [0.25, 0.3) is 9.88 Å². The average Bonchev–Trinajstić information content (AvgIpc) is 3.07. The fourth-order valence-electron chi connectivity index (χ4n) is 1.89. The number of amides is 1. The van der Waals surface area contributed by atoms with E-state index in [9.17, 15) is 4.79 Å². The molecular formula is C15H13N3OS2. The number of carbonyl (C=O) groups excluding carboxylic acids is 1. The van der Waals surface area contributed by atoms with E-state index in [0.717, 1.165) is 21.1 Å². The fraction of sp³-hybridized carbons (Fsp3) is 0.133. The zero-order valence-electron chi connectivity index (χ0n) is 11.6. The van der Waals surface area contributed by atoms with Crippen molar-refractivity contribution in [2.24, 2.45) is 0 Å². The van der Waals surface area contributed by atoms with Crippen LogP contribution in [0, 0.1) is 13.8 Å². The summed E-state index contributed by atoms with van der Waals surface area (Å²) in [5, 5.41) is 5.70. The summed E-state index contributed by atoms with van der Waals surface area (Å²) in [6.07, 6.45) is 1.68. The number of nitrogens with one attached hydrogen (secondary N) is 1. The first-order valence-corrected chi connectivity index (χ1v) is 8.08. The second-order valence-corrected chi connectivity index (χ2v) is 6.53. The Labute approximate surface area is 130 Å². The van der Waals surface area contributed by atoms with Crippen LogP contribution < -0.4 is 5.32 Å². The highest BCUT2D eigenvalue weighted by Crippen LogP contribution is 2.31. The first-order valence-electron chi connectivity index (χ1n) is 6.39. The monoisotopic (exact) mass is 315 g/mol. The zero-order chi connectivity index (χ0) is 14.8. The van der Waals surface area contributed by atoms with Gasteiger partial charge in [0.05, 0.1) is 10.6 Å². The molecule has 1 N–H and O–H groups in total. The van der Waals surface area contributed by atoms with Gasteiger partial charge in [0.25, 0.3) is 5.91 Å². The summed E-state index contributed by atoms with van der Waals surface area (Å²) in [5.74, 6) is 0.399. The number of nitrogens with zero attached hydrogens (tertiary/aromatic N) is 2. The van der Waals surface area contributed by atoms with E-state index in [2.05, 4.69) is 15.3 Å². The largest absolute Gasteiger partial charge is 0.306 e. The van der Waals surface area contributed by atoms with Crippen molar-refractivity contribution in [3.8, 4) is 9.88 Å². The van der Waals surface area contributed by atoms with Crippen LogP contribution in [0.2, 0.25) is 0 Å².